The van der Waals surface area contributed by atoms with Crippen LogP contribution in [0.1, 0.15) is 17.2 Å². The number of pyridine rings is 2. The van der Waals surface area contributed by atoms with E-state index >= 15 is 0 Å². The number of hydrogen-bond acceptors (Lipinski definition) is 4. The first-order valence-electron chi connectivity index (χ1n) is 8.21. The van der Waals surface area contributed by atoms with Gasteiger partial charge in [-0.15, -0.1) is 0 Å². The number of rotatable bonds is 4. The van der Waals surface area contributed by atoms with Crippen LogP contribution in [-0.2, 0) is 0 Å². The van der Waals surface area contributed by atoms with Gasteiger partial charge in [0.25, 0.3) is 0 Å². The second kappa shape index (κ2) is 7.02. The molecular weight excluding hydrogens is 346 g/mol. The highest BCUT2D eigenvalue weighted by atomic mass is 35.5. The van der Waals surface area contributed by atoms with E-state index in [9.17, 15) is 5.11 Å². The summed E-state index contributed by atoms with van der Waals surface area (Å²) in [7, 11) is 0. The average molecular weight is 362 g/mol. The van der Waals surface area contributed by atoms with Crippen LogP contribution >= 0.6 is 11.6 Å². The second-order valence-corrected chi connectivity index (χ2v) is 6.38. The lowest BCUT2D eigenvalue weighted by Gasteiger charge is -2.22. The molecule has 1 unspecified atom stereocenters. The molecule has 2 aromatic heterocycles. The van der Waals surface area contributed by atoms with Crippen LogP contribution in [-0.4, -0.2) is 15.1 Å². The quantitative estimate of drug-likeness (QED) is 0.525. The molecule has 1 atom stereocenters. The smallest absolute Gasteiger partial charge is 0.147 e. The Hall–Kier alpha value is -3.11. The van der Waals surface area contributed by atoms with Crippen LogP contribution in [0.5, 0.6) is 5.75 Å². The number of aromatic nitrogens is 2. The zero-order valence-corrected chi connectivity index (χ0v) is 14.6. The summed E-state index contributed by atoms with van der Waals surface area (Å²) in [5.41, 5.74) is 3.22. The first-order valence-corrected chi connectivity index (χ1v) is 8.59. The van der Waals surface area contributed by atoms with E-state index in [0.29, 0.717) is 10.5 Å². The number of halogens is 1. The van der Waals surface area contributed by atoms with Crippen molar-refractivity contribution in [2.24, 2.45) is 0 Å². The topological polar surface area (TPSA) is 58.0 Å². The molecule has 0 spiro atoms. The second-order valence-electron chi connectivity index (χ2n) is 5.94. The number of aromatic hydroxyl groups is 1. The van der Waals surface area contributed by atoms with Crippen LogP contribution in [0.2, 0.25) is 5.02 Å². The summed E-state index contributed by atoms with van der Waals surface area (Å²) in [5, 5.41) is 15.9. The number of phenolic OH excluding ortho intramolecular Hbond substituents is 1. The van der Waals surface area contributed by atoms with E-state index in [-0.39, 0.29) is 11.8 Å². The van der Waals surface area contributed by atoms with Crippen LogP contribution in [0.3, 0.4) is 0 Å². The van der Waals surface area contributed by atoms with Gasteiger partial charge in [0, 0.05) is 40.3 Å². The number of phenols is 1. The van der Waals surface area contributed by atoms with Gasteiger partial charge < -0.3 is 10.4 Å². The molecule has 5 heteroatoms. The van der Waals surface area contributed by atoms with Crippen LogP contribution in [0.15, 0.2) is 79.3 Å². The minimum absolute atomic E-state index is 0.173. The lowest BCUT2D eigenvalue weighted by atomic mass is 9.96. The predicted molar refractivity (Wildman–Crippen MR) is 105 cm³/mol. The molecule has 2 heterocycles. The van der Waals surface area contributed by atoms with Crippen LogP contribution < -0.4 is 5.32 Å². The number of fused-ring (bicyclic) bond motifs is 1. The zero-order chi connectivity index (χ0) is 17.9. The van der Waals surface area contributed by atoms with Crippen molar-refractivity contribution in [2.75, 3.05) is 5.32 Å². The SMILES string of the molecule is Oc1c(C(Nc2ccc(Cl)cc2)c2ccncc2)ccc2cccnc12. The van der Waals surface area contributed by atoms with Gasteiger partial charge in [-0.3, -0.25) is 9.97 Å². The zero-order valence-electron chi connectivity index (χ0n) is 13.8. The van der Waals surface area contributed by atoms with Gasteiger partial charge >= 0.3 is 0 Å². The van der Waals surface area contributed by atoms with Crippen LogP contribution in [0.4, 0.5) is 5.69 Å². The van der Waals surface area contributed by atoms with Gasteiger partial charge in [-0.05, 0) is 48.0 Å². The van der Waals surface area contributed by atoms with Crippen molar-refractivity contribution < 1.29 is 5.11 Å². The van der Waals surface area contributed by atoms with Crippen molar-refractivity contribution in [3.05, 3.63) is 95.4 Å². The maximum absolute atomic E-state index is 10.9. The Morgan fingerprint density at radius 3 is 2.42 bits per heavy atom. The van der Waals surface area contributed by atoms with E-state index < -0.39 is 0 Å². The number of nitrogens with one attached hydrogen (secondary N) is 1. The molecule has 4 aromatic rings. The highest BCUT2D eigenvalue weighted by Gasteiger charge is 2.19. The Balaban J connectivity index is 1.83. The molecule has 0 radical (unpaired) electrons. The molecule has 0 aliphatic rings. The van der Waals surface area contributed by atoms with E-state index in [0.717, 1.165) is 22.2 Å². The van der Waals surface area contributed by atoms with Crippen molar-refractivity contribution in [3.63, 3.8) is 0 Å². The number of anilines is 1. The number of benzene rings is 2. The minimum Gasteiger partial charge on any atom is -0.505 e. The van der Waals surface area contributed by atoms with E-state index in [1.165, 1.54) is 0 Å². The van der Waals surface area contributed by atoms with Crippen molar-refractivity contribution in [1.82, 2.24) is 9.97 Å². The predicted octanol–water partition coefficient (Wildman–Crippen LogP) is 5.19. The van der Waals surface area contributed by atoms with E-state index in [4.69, 9.17) is 11.6 Å². The van der Waals surface area contributed by atoms with Crippen LogP contribution in [0.25, 0.3) is 10.9 Å². The van der Waals surface area contributed by atoms with Gasteiger partial charge in [-0.1, -0.05) is 29.8 Å². The summed E-state index contributed by atoms with van der Waals surface area (Å²) in [6.45, 7) is 0. The summed E-state index contributed by atoms with van der Waals surface area (Å²) < 4.78 is 0. The largest absolute Gasteiger partial charge is 0.505 e. The molecule has 2 N–H and O–H groups in total. The van der Waals surface area contributed by atoms with Gasteiger partial charge in [0.2, 0.25) is 0 Å². The van der Waals surface area contributed by atoms with Crippen LogP contribution in [0, 0.1) is 0 Å². The molecule has 0 saturated heterocycles. The number of hydrogen-bond donors (Lipinski definition) is 2. The van der Waals surface area contributed by atoms with Gasteiger partial charge in [0.15, 0.2) is 0 Å². The molecule has 0 bridgehead atoms. The highest BCUT2D eigenvalue weighted by Crippen LogP contribution is 2.36. The van der Waals surface area contributed by atoms with Gasteiger partial charge in [0.1, 0.15) is 11.3 Å². The van der Waals surface area contributed by atoms with E-state index in [2.05, 4.69) is 15.3 Å². The fourth-order valence-electron chi connectivity index (χ4n) is 2.99. The molecule has 0 fully saturated rings. The third kappa shape index (κ3) is 3.19. The fourth-order valence-corrected chi connectivity index (χ4v) is 3.11. The lowest BCUT2D eigenvalue weighted by molar-refractivity contribution is 0.472. The molecule has 0 amide bonds. The summed E-state index contributed by atoms with van der Waals surface area (Å²) >= 11 is 5.99. The van der Waals surface area contributed by atoms with Crippen molar-refractivity contribution in [2.45, 2.75) is 6.04 Å². The average Bonchev–Trinajstić information content (AvgIpc) is 2.69. The summed E-state index contributed by atoms with van der Waals surface area (Å²) in [6.07, 6.45) is 5.16. The Labute approximate surface area is 156 Å². The van der Waals surface area contributed by atoms with E-state index in [1.807, 2.05) is 60.7 Å². The summed E-state index contributed by atoms with van der Waals surface area (Å²) in [4.78, 5) is 8.42. The van der Waals surface area contributed by atoms with Gasteiger partial charge in [0.05, 0.1) is 6.04 Å². The normalized spacial score (nSPS) is 12.0. The third-order valence-corrected chi connectivity index (χ3v) is 4.54. The standard InChI is InChI=1S/C21H16ClN3O/c22-16-4-6-17(7-5-16)25-19(15-9-12-23-13-10-15)18-8-3-14-2-1-11-24-20(14)21(18)26/h1-13,19,25-26H. The molecule has 128 valence electrons. The van der Waals surface area contributed by atoms with Crippen molar-refractivity contribution in [3.8, 4) is 5.75 Å². The molecule has 2 aromatic carbocycles. The molecular formula is C21H16ClN3O. The minimum atomic E-state index is -0.259. The molecule has 0 aliphatic carbocycles. The Bertz CT molecular complexity index is 1040. The lowest BCUT2D eigenvalue weighted by Crippen LogP contribution is -2.13. The van der Waals surface area contributed by atoms with Crippen molar-refractivity contribution >= 4 is 28.2 Å². The monoisotopic (exact) mass is 361 g/mol. The maximum Gasteiger partial charge on any atom is 0.147 e. The summed E-state index contributed by atoms with van der Waals surface area (Å²) in [5.74, 6) is 0.173. The van der Waals surface area contributed by atoms with Gasteiger partial charge in [-0.25, -0.2) is 0 Å². The third-order valence-electron chi connectivity index (χ3n) is 4.28. The Morgan fingerprint density at radius 1 is 0.885 bits per heavy atom. The summed E-state index contributed by atoms with van der Waals surface area (Å²) in [6, 6.07) is 18.7. The van der Waals surface area contributed by atoms with E-state index in [1.54, 1.807) is 18.6 Å². The first kappa shape index (κ1) is 16.4. The Kier molecular flexibility index (Phi) is 4.42. The molecule has 26 heavy (non-hydrogen) atoms. The molecule has 0 saturated carbocycles. The molecule has 4 rings (SSSR count). The number of nitrogens with zero attached hydrogens (tertiary/aromatic N) is 2. The first-order chi connectivity index (χ1) is 12.7. The fraction of sp³-hybridized carbons (Fsp3) is 0.0476. The molecule has 4 nitrogen and oxygen atoms in total. The molecule has 0 aliphatic heterocycles. The maximum atomic E-state index is 10.9. The highest BCUT2D eigenvalue weighted by molar-refractivity contribution is 6.30. The Morgan fingerprint density at radius 2 is 1.65 bits per heavy atom. The van der Waals surface area contributed by atoms with Crippen molar-refractivity contribution in [1.29, 1.82) is 0 Å². The van der Waals surface area contributed by atoms with Gasteiger partial charge in [-0.2, -0.15) is 0 Å².